The molecule has 1 fully saturated rings. The summed E-state index contributed by atoms with van der Waals surface area (Å²) in [7, 11) is 1.90. The first-order valence-electron chi connectivity index (χ1n) is 5.20. The van der Waals surface area contributed by atoms with Crippen LogP contribution in [-0.4, -0.2) is 7.05 Å². The Balaban J connectivity index is 2.38. The van der Waals surface area contributed by atoms with E-state index in [2.05, 4.69) is 28.2 Å². The summed E-state index contributed by atoms with van der Waals surface area (Å²) in [4.78, 5) is 0. The van der Waals surface area contributed by atoms with Gasteiger partial charge in [-0.3, -0.25) is 0 Å². The van der Waals surface area contributed by atoms with Crippen molar-refractivity contribution in [3.8, 4) is 0 Å². The van der Waals surface area contributed by atoms with Crippen LogP contribution in [0.5, 0.6) is 0 Å². The molecule has 0 aliphatic heterocycles. The second-order valence-corrected chi connectivity index (χ2v) is 5.37. The summed E-state index contributed by atoms with van der Waals surface area (Å²) in [6.45, 7) is 2.20. The highest BCUT2D eigenvalue weighted by molar-refractivity contribution is 9.10. The monoisotopic (exact) mass is 271 g/mol. The van der Waals surface area contributed by atoms with Crippen molar-refractivity contribution in [3.05, 3.63) is 34.1 Å². The van der Waals surface area contributed by atoms with Crippen LogP contribution in [0.1, 0.15) is 31.4 Å². The molecule has 0 heterocycles. The zero-order chi connectivity index (χ0) is 11.1. The molecule has 0 radical (unpaired) electrons. The first kappa shape index (κ1) is 11.1. The van der Waals surface area contributed by atoms with Gasteiger partial charge in [0.15, 0.2) is 0 Å². The zero-order valence-corrected chi connectivity index (χ0v) is 10.6. The molecule has 1 unspecified atom stereocenters. The summed E-state index contributed by atoms with van der Waals surface area (Å²) in [5.41, 5.74) is 1.00. The Morgan fingerprint density at radius 3 is 2.67 bits per heavy atom. The lowest BCUT2D eigenvalue weighted by Gasteiger charge is -2.24. The largest absolute Gasteiger partial charge is 0.312 e. The average molecular weight is 272 g/mol. The first-order valence-corrected chi connectivity index (χ1v) is 5.99. The molecule has 1 nitrogen and oxygen atoms in total. The third-order valence-electron chi connectivity index (χ3n) is 3.32. The molecule has 0 saturated heterocycles. The summed E-state index contributed by atoms with van der Waals surface area (Å²) >= 11 is 3.23. The van der Waals surface area contributed by atoms with Gasteiger partial charge in [-0.05, 0) is 47.3 Å². The van der Waals surface area contributed by atoms with Crippen molar-refractivity contribution in [1.29, 1.82) is 0 Å². The Bertz CT molecular complexity index is 374. The minimum absolute atomic E-state index is 0.120. The standard InChI is InChI=1S/C12H15BrFN/c1-12(6-7-12)11(15-2)8-4-3-5-9(13)10(8)14/h3-5,11,15H,6-7H2,1-2H3. The maximum absolute atomic E-state index is 13.9. The van der Waals surface area contributed by atoms with Gasteiger partial charge in [0.1, 0.15) is 5.82 Å². The smallest absolute Gasteiger partial charge is 0.142 e. The highest BCUT2D eigenvalue weighted by Gasteiger charge is 2.45. The van der Waals surface area contributed by atoms with Crippen molar-refractivity contribution < 1.29 is 4.39 Å². The van der Waals surface area contributed by atoms with Gasteiger partial charge in [-0.25, -0.2) is 4.39 Å². The van der Waals surface area contributed by atoms with Crippen LogP contribution in [0.3, 0.4) is 0 Å². The van der Waals surface area contributed by atoms with E-state index in [9.17, 15) is 4.39 Å². The van der Waals surface area contributed by atoms with Crippen LogP contribution >= 0.6 is 15.9 Å². The van der Waals surface area contributed by atoms with Gasteiger partial charge in [0.25, 0.3) is 0 Å². The number of halogens is 2. The number of hydrogen-bond donors (Lipinski definition) is 1. The van der Waals surface area contributed by atoms with Crippen molar-refractivity contribution in [3.63, 3.8) is 0 Å². The number of hydrogen-bond acceptors (Lipinski definition) is 1. The predicted octanol–water partition coefficient (Wildman–Crippen LogP) is 3.65. The Kier molecular flexibility index (Phi) is 2.86. The van der Waals surface area contributed by atoms with Gasteiger partial charge in [0, 0.05) is 11.6 Å². The molecule has 3 heteroatoms. The topological polar surface area (TPSA) is 12.0 Å². The summed E-state index contributed by atoms with van der Waals surface area (Å²) in [5.74, 6) is -0.134. The van der Waals surface area contributed by atoms with E-state index in [0.29, 0.717) is 4.47 Å². The Morgan fingerprint density at radius 2 is 2.13 bits per heavy atom. The van der Waals surface area contributed by atoms with Crippen LogP contribution in [0.25, 0.3) is 0 Å². The number of rotatable bonds is 3. The van der Waals surface area contributed by atoms with Gasteiger partial charge >= 0.3 is 0 Å². The molecular weight excluding hydrogens is 257 g/mol. The van der Waals surface area contributed by atoms with Gasteiger partial charge in [-0.1, -0.05) is 19.1 Å². The quantitative estimate of drug-likeness (QED) is 0.885. The number of benzene rings is 1. The Hall–Kier alpha value is -0.410. The molecule has 15 heavy (non-hydrogen) atoms. The summed E-state index contributed by atoms with van der Waals surface area (Å²) in [6, 6.07) is 5.61. The number of nitrogens with one attached hydrogen (secondary N) is 1. The average Bonchev–Trinajstić information content (AvgIpc) is 2.93. The van der Waals surface area contributed by atoms with E-state index in [1.165, 1.54) is 12.8 Å². The minimum Gasteiger partial charge on any atom is -0.312 e. The van der Waals surface area contributed by atoms with E-state index >= 15 is 0 Å². The van der Waals surface area contributed by atoms with Crippen LogP contribution in [0.4, 0.5) is 4.39 Å². The van der Waals surface area contributed by atoms with Crippen molar-refractivity contribution >= 4 is 15.9 Å². The molecule has 1 aromatic rings. The normalized spacial score (nSPS) is 20.0. The lowest BCUT2D eigenvalue weighted by Crippen LogP contribution is -2.25. The molecular formula is C12H15BrFN. The Labute approximate surface area is 98.2 Å². The summed E-state index contributed by atoms with van der Waals surface area (Å²) < 4.78 is 14.5. The summed E-state index contributed by atoms with van der Waals surface area (Å²) in [5, 5.41) is 3.23. The lowest BCUT2D eigenvalue weighted by molar-refractivity contribution is 0.376. The molecule has 0 spiro atoms. The zero-order valence-electron chi connectivity index (χ0n) is 8.98. The fourth-order valence-electron chi connectivity index (χ4n) is 2.11. The minimum atomic E-state index is -0.134. The second-order valence-electron chi connectivity index (χ2n) is 4.52. The molecule has 1 aliphatic rings. The van der Waals surface area contributed by atoms with E-state index in [-0.39, 0.29) is 17.3 Å². The van der Waals surface area contributed by atoms with E-state index in [4.69, 9.17) is 0 Å². The van der Waals surface area contributed by atoms with Gasteiger partial charge in [-0.15, -0.1) is 0 Å². The molecule has 0 aromatic heterocycles. The van der Waals surface area contributed by atoms with Gasteiger partial charge < -0.3 is 5.32 Å². The molecule has 1 aromatic carbocycles. The SMILES string of the molecule is CNC(c1cccc(Br)c1F)C1(C)CC1. The fourth-order valence-corrected chi connectivity index (χ4v) is 2.49. The second kappa shape index (κ2) is 3.87. The van der Waals surface area contributed by atoms with Crippen LogP contribution in [-0.2, 0) is 0 Å². The van der Waals surface area contributed by atoms with E-state index in [0.717, 1.165) is 5.56 Å². The van der Waals surface area contributed by atoms with Crippen molar-refractivity contribution in [2.75, 3.05) is 7.05 Å². The van der Waals surface area contributed by atoms with Crippen molar-refractivity contribution in [2.45, 2.75) is 25.8 Å². The third-order valence-corrected chi connectivity index (χ3v) is 3.93. The molecule has 1 saturated carbocycles. The maximum atomic E-state index is 13.9. The fraction of sp³-hybridized carbons (Fsp3) is 0.500. The Morgan fingerprint density at radius 1 is 1.47 bits per heavy atom. The maximum Gasteiger partial charge on any atom is 0.142 e. The highest BCUT2D eigenvalue weighted by atomic mass is 79.9. The van der Waals surface area contributed by atoms with Gasteiger partial charge in [0.2, 0.25) is 0 Å². The lowest BCUT2D eigenvalue weighted by atomic mass is 9.91. The van der Waals surface area contributed by atoms with Crippen LogP contribution in [0.15, 0.2) is 22.7 Å². The van der Waals surface area contributed by atoms with Crippen LogP contribution < -0.4 is 5.32 Å². The van der Waals surface area contributed by atoms with Gasteiger partial charge in [-0.2, -0.15) is 0 Å². The molecule has 0 amide bonds. The summed E-state index contributed by atoms with van der Waals surface area (Å²) in [6.07, 6.45) is 2.34. The van der Waals surface area contributed by atoms with E-state index in [1.54, 1.807) is 6.07 Å². The molecule has 82 valence electrons. The van der Waals surface area contributed by atoms with Crippen molar-refractivity contribution in [1.82, 2.24) is 5.32 Å². The van der Waals surface area contributed by atoms with Crippen molar-refractivity contribution in [2.24, 2.45) is 5.41 Å². The molecule has 2 rings (SSSR count). The van der Waals surface area contributed by atoms with Crippen LogP contribution in [0.2, 0.25) is 0 Å². The first-order chi connectivity index (χ1) is 7.08. The third kappa shape index (κ3) is 1.95. The highest BCUT2D eigenvalue weighted by Crippen LogP contribution is 2.54. The van der Waals surface area contributed by atoms with E-state index in [1.807, 2.05) is 19.2 Å². The molecule has 1 aliphatic carbocycles. The van der Waals surface area contributed by atoms with Crippen LogP contribution in [0, 0.1) is 11.2 Å². The molecule has 1 atom stereocenters. The molecule has 0 bridgehead atoms. The van der Waals surface area contributed by atoms with E-state index < -0.39 is 0 Å². The molecule has 1 N–H and O–H groups in total. The predicted molar refractivity (Wildman–Crippen MR) is 63.2 cm³/mol. The van der Waals surface area contributed by atoms with Gasteiger partial charge in [0.05, 0.1) is 4.47 Å².